The summed E-state index contributed by atoms with van der Waals surface area (Å²) in [5.41, 5.74) is 1.07. The second-order valence-corrected chi connectivity index (χ2v) is 7.94. The van der Waals surface area contributed by atoms with E-state index in [1.807, 2.05) is 48.2 Å². The molecule has 1 aliphatic rings. The Morgan fingerprint density at radius 2 is 1.92 bits per heavy atom. The fraction of sp³-hybridized carbons (Fsp3) is 0.316. The number of thiophene rings is 1. The number of rotatable bonds is 3. The molecule has 0 N–H and O–H groups in total. The van der Waals surface area contributed by atoms with Crippen LogP contribution in [-0.2, 0) is 0 Å². The fourth-order valence-electron chi connectivity index (χ4n) is 3.19. The summed E-state index contributed by atoms with van der Waals surface area (Å²) in [4.78, 5) is 20.9. The number of halogens is 1. The average Bonchev–Trinajstić information content (AvgIpc) is 3.31. The molecule has 0 unspecified atom stereocenters. The van der Waals surface area contributed by atoms with E-state index in [2.05, 4.69) is 10.1 Å². The highest BCUT2D eigenvalue weighted by atomic mass is 35.5. The van der Waals surface area contributed by atoms with Crippen molar-refractivity contribution >= 4 is 28.8 Å². The topological polar surface area (TPSA) is 59.2 Å². The first-order valence-electron chi connectivity index (χ1n) is 8.55. The number of likely N-dealkylation sites (tertiary alicyclic amines) is 1. The first-order chi connectivity index (χ1) is 12.6. The minimum Gasteiger partial charge on any atom is -0.339 e. The van der Waals surface area contributed by atoms with Crippen molar-refractivity contribution in [2.75, 3.05) is 13.1 Å². The summed E-state index contributed by atoms with van der Waals surface area (Å²) in [6, 6.07) is 11.6. The van der Waals surface area contributed by atoms with Crippen LogP contribution >= 0.6 is 22.9 Å². The number of carbonyl (C=O) groups is 1. The lowest BCUT2D eigenvalue weighted by Gasteiger charge is -2.30. The number of carbonyl (C=O) groups excluding carboxylic acids is 1. The number of piperidine rings is 1. The van der Waals surface area contributed by atoms with Crippen LogP contribution in [0, 0.1) is 6.92 Å². The Kier molecular flexibility index (Phi) is 4.78. The summed E-state index contributed by atoms with van der Waals surface area (Å²) in [5, 5.41) is 4.57. The van der Waals surface area contributed by atoms with Gasteiger partial charge in [0.1, 0.15) is 0 Å². The highest BCUT2D eigenvalue weighted by Gasteiger charge is 2.28. The van der Waals surface area contributed by atoms with Gasteiger partial charge in [0, 0.05) is 28.9 Å². The molecule has 1 amide bonds. The highest BCUT2D eigenvalue weighted by molar-refractivity contribution is 7.17. The SMILES string of the molecule is Cc1noc(C2CCN(C(=O)c3ccc(-c4ccc(Cl)cc4)s3)CC2)n1. The number of hydrogen-bond acceptors (Lipinski definition) is 5. The standard InChI is InChI=1S/C19H18ClN3O2S/c1-12-21-18(25-22-12)14-8-10-23(11-9-14)19(24)17-7-6-16(26-17)13-2-4-15(20)5-3-13/h2-7,14H,8-11H2,1H3. The van der Waals surface area contributed by atoms with E-state index in [4.69, 9.17) is 16.1 Å². The van der Waals surface area contributed by atoms with Gasteiger partial charge in [-0.3, -0.25) is 4.79 Å². The number of aromatic nitrogens is 2. The van der Waals surface area contributed by atoms with Crippen molar-refractivity contribution in [3.05, 3.63) is 58.0 Å². The van der Waals surface area contributed by atoms with Crippen LogP contribution in [-0.4, -0.2) is 34.0 Å². The molecule has 26 heavy (non-hydrogen) atoms. The Morgan fingerprint density at radius 1 is 1.19 bits per heavy atom. The molecule has 0 spiro atoms. The van der Waals surface area contributed by atoms with Crippen LogP contribution in [0.1, 0.15) is 40.1 Å². The van der Waals surface area contributed by atoms with Crippen molar-refractivity contribution in [3.8, 4) is 10.4 Å². The molecule has 4 rings (SSSR count). The molecule has 0 radical (unpaired) electrons. The van der Waals surface area contributed by atoms with Crippen LogP contribution in [0.4, 0.5) is 0 Å². The van der Waals surface area contributed by atoms with Crippen molar-refractivity contribution < 1.29 is 9.32 Å². The third-order valence-electron chi connectivity index (χ3n) is 4.62. The fourth-order valence-corrected chi connectivity index (χ4v) is 4.29. The molecule has 2 aromatic heterocycles. The van der Waals surface area contributed by atoms with E-state index in [0.29, 0.717) is 29.8 Å². The zero-order valence-electron chi connectivity index (χ0n) is 14.3. The molecule has 7 heteroatoms. The summed E-state index contributed by atoms with van der Waals surface area (Å²) < 4.78 is 5.27. The molecule has 3 heterocycles. The number of nitrogens with zero attached hydrogens (tertiary/aromatic N) is 3. The van der Waals surface area contributed by atoms with Gasteiger partial charge in [-0.2, -0.15) is 4.98 Å². The smallest absolute Gasteiger partial charge is 0.263 e. The molecule has 0 aliphatic carbocycles. The van der Waals surface area contributed by atoms with Crippen LogP contribution in [0.2, 0.25) is 5.02 Å². The van der Waals surface area contributed by atoms with Crippen LogP contribution in [0.25, 0.3) is 10.4 Å². The predicted octanol–water partition coefficient (Wildman–Crippen LogP) is 4.78. The lowest BCUT2D eigenvalue weighted by atomic mass is 9.96. The largest absolute Gasteiger partial charge is 0.339 e. The first kappa shape index (κ1) is 17.2. The summed E-state index contributed by atoms with van der Waals surface area (Å²) in [6.45, 7) is 3.24. The van der Waals surface area contributed by atoms with E-state index in [-0.39, 0.29) is 11.8 Å². The molecule has 134 valence electrons. The van der Waals surface area contributed by atoms with Crippen LogP contribution in [0.15, 0.2) is 40.9 Å². The zero-order chi connectivity index (χ0) is 18.1. The van der Waals surface area contributed by atoms with Crippen molar-refractivity contribution in [3.63, 3.8) is 0 Å². The Bertz CT molecular complexity index is 911. The Morgan fingerprint density at radius 3 is 2.58 bits per heavy atom. The van der Waals surface area contributed by atoms with Crippen LogP contribution in [0.5, 0.6) is 0 Å². The maximum Gasteiger partial charge on any atom is 0.263 e. The Hall–Kier alpha value is -2.18. The molecular formula is C19H18ClN3O2S. The van der Waals surface area contributed by atoms with E-state index in [0.717, 1.165) is 28.2 Å². The third-order valence-corrected chi connectivity index (χ3v) is 5.99. The lowest BCUT2D eigenvalue weighted by Crippen LogP contribution is -2.37. The van der Waals surface area contributed by atoms with Gasteiger partial charge in [-0.25, -0.2) is 0 Å². The number of aryl methyl sites for hydroxylation is 1. The van der Waals surface area contributed by atoms with E-state index >= 15 is 0 Å². The molecule has 1 fully saturated rings. The summed E-state index contributed by atoms with van der Waals surface area (Å²) in [7, 11) is 0. The molecule has 1 saturated heterocycles. The quantitative estimate of drug-likeness (QED) is 0.648. The Labute approximate surface area is 160 Å². The van der Waals surface area contributed by atoms with Gasteiger partial charge in [0.15, 0.2) is 5.82 Å². The normalized spacial score (nSPS) is 15.4. The molecule has 0 saturated carbocycles. The average molecular weight is 388 g/mol. The number of benzene rings is 1. The highest BCUT2D eigenvalue weighted by Crippen LogP contribution is 2.32. The van der Waals surface area contributed by atoms with Gasteiger partial charge in [-0.05, 0) is 49.6 Å². The van der Waals surface area contributed by atoms with Crippen molar-refractivity contribution in [2.45, 2.75) is 25.7 Å². The monoisotopic (exact) mass is 387 g/mol. The molecule has 0 bridgehead atoms. The van der Waals surface area contributed by atoms with Gasteiger partial charge in [0.2, 0.25) is 5.89 Å². The summed E-state index contributed by atoms with van der Waals surface area (Å²) >= 11 is 7.46. The van der Waals surface area contributed by atoms with Gasteiger partial charge in [-0.15, -0.1) is 11.3 Å². The van der Waals surface area contributed by atoms with Crippen molar-refractivity contribution in [1.29, 1.82) is 0 Å². The minimum absolute atomic E-state index is 0.0929. The second-order valence-electron chi connectivity index (χ2n) is 6.42. The van der Waals surface area contributed by atoms with Gasteiger partial charge in [0.25, 0.3) is 5.91 Å². The van der Waals surface area contributed by atoms with Gasteiger partial charge >= 0.3 is 0 Å². The van der Waals surface area contributed by atoms with E-state index < -0.39 is 0 Å². The van der Waals surface area contributed by atoms with Crippen LogP contribution < -0.4 is 0 Å². The molecule has 1 aliphatic heterocycles. The lowest BCUT2D eigenvalue weighted by molar-refractivity contribution is 0.0709. The summed E-state index contributed by atoms with van der Waals surface area (Å²) in [5.74, 6) is 1.69. The van der Waals surface area contributed by atoms with Gasteiger partial charge in [-0.1, -0.05) is 28.9 Å². The van der Waals surface area contributed by atoms with Crippen molar-refractivity contribution in [1.82, 2.24) is 15.0 Å². The van der Waals surface area contributed by atoms with Crippen LogP contribution in [0.3, 0.4) is 0 Å². The van der Waals surface area contributed by atoms with E-state index in [1.165, 1.54) is 11.3 Å². The Balaban J connectivity index is 1.42. The molecule has 5 nitrogen and oxygen atoms in total. The maximum absolute atomic E-state index is 12.8. The second kappa shape index (κ2) is 7.21. The molecule has 0 atom stereocenters. The van der Waals surface area contributed by atoms with Gasteiger partial charge < -0.3 is 9.42 Å². The third kappa shape index (κ3) is 3.52. The summed E-state index contributed by atoms with van der Waals surface area (Å²) in [6.07, 6.45) is 1.70. The predicted molar refractivity (Wildman–Crippen MR) is 102 cm³/mol. The molecule has 1 aromatic carbocycles. The van der Waals surface area contributed by atoms with Crippen molar-refractivity contribution in [2.24, 2.45) is 0 Å². The maximum atomic E-state index is 12.8. The number of amides is 1. The molecular weight excluding hydrogens is 370 g/mol. The van der Waals surface area contributed by atoms with Gasteiger partial charge in [0.05, 0.1) is 4.88 Å². The molecule has 3 aromatic rings. The zero-order valence-corrected chi connectivity index (χ0v) is 15.9. The number of hydrogen-bond donors (Lipinski definition) is 0. The van der Waals surface area contributed by atoms with E-state index in [9.17, 15) is 4.79 Å². The first-order valence-corrected chi connectivity index (χ1v) is 9.75. The van der Waals surface area contributed by atoms with E-state index in [1.54, 1.807) is 0 Å². The minimum atomic E-state index is 0.0929.